The first kappa shape index (κ1) is 12.4. The summed E-state index contributed by atoms with van der Waals surface area (Å²) in [6.45, 7) is 3.98. The van der Waals surface area contributed by atoms with Crippen LogP contribution in [0.25, 0.3) is 0 Å². The fourth-order valence-electron chi connectivity index (χ4n) is 1.38. The number of hydrogen-bond donors (Lipinski definition) is 2. The summed E-state index contributed by atoms with van der Waals surface area (Å²) < 4.78 is 0. The zero-order valence-corrected chi connectivity index (χ0v) is 9.43. The van der Waals surface area contributed by atoms with Gasteiger partial charge < -0.3 is 10.4 Å². The number of nitrogens with one attached hydrogen (secondary N) is 1. The van der Waals surface area contributed by atoms with Gasteiger partial charge in [0.15, 0.2) is 0 Å². The lowest BCUT2D eigenvalue weighted by molar-refractivity contribution is -0.385. The van der Waals surface area contributed by atoms with Crippen LogP contribution in [0.1, 0.15) is 18.9 Å². The summed E-state index contributed by atoms with van der Waals surface area (Å²) in [6.07, 6.45) is 0.222. The van der Waals surface area contributed by atoms with E-state index in [1.807, 2.05) is 6.92 Å². The number of aliphatic hydroxyl groups excluding tert-OH is 1. The fourth-order valence-corrected chi connectivity index (χ4v) is 1.38. The maximum absolute atomic E-state index is 10.7. The van der Waals surface area contributed by atoms with Crippen molar-refractivity contribution in [3.05, 3.63) is 33.9 Å². The maximum atomic E-state index is 10.7. The molecule has 1 atom stereocenters. The van der Waals surface area contributed by atoms with Crippen LogP contribution in [-0.2, 0) is 0 Å². The molecule has 1 aromatic rings. The molecule has 0 saturated carbocycles. The van der Waals surface area contributed by atoms with Crippen LogP contribution in [-0.4, -0.2) is 22.7 Å². The minimum Gasteiger partial charge on any atom is -0.391 e. The SMILES string of the molecule is CCC(O)CNc1cccc([N+](=O)[O-])c1C. The molecule has 5 nitrogen and oxygen atoms in total. The number of benzene rings is 1. The quantitative estimate of drug-likeness (QED) is 0.593. The zero-order valence-electron chi connectivity index (χ0n) is 9.43. The predicted molar refractivity (Wildman–Crippen MR) is 62.6 cm³/mol. The Morgan fingerprint density at radius 3 is 2.81 bits per heavy atom. The molecule has 16 heavy (non-hydrogen) atoms. The largest absolute Gasteiger partial charge is 0.391 e. The van der Waals surface area contributed by atoms with Gasteiger partial charge in [0.1, 0.15) is 0 Å². The van der Waals surface area contributed by atoms with Crippen LogP contribution in [0.3, 0.4) is 0 Å². The number of nitrogens with zero attached hydrogens (tertiary/aromatic N) is 1. The summed E-state index contributed by atoms with van der Waals surface area (Å²) in [6, 6.07) is 4.87. The van der Waals surface area contributed by atoms with Gasteiger partial charge in [-0.05, 0) is 19.4 Å². The molecule has 0 aliphatic heterocycles. The highest BCUT2D eigenvalue weighted by Gasteiger charge is 2.13. The first-order chi connectivity index (χ1) is 7.56. The Hall–Kier alpha value is -1.62. The van der Waals surface area contributed by atoms with Gasteiger partial charge in [0.2, 0.25) is 0 Å². The summed E-state index contributed by atoms with van der Waals surface area (Å²) in [7, 11) is 0. The van der Waals surface area contributed by atoms with E-state index in [2.05, 4.69) is 5.32 Å². The summed E-state index contributed by atoms with van der Waals surface area (Å²) in [5.74, 6) is 0. The molecule has 0 spiro atoms. The molecule has 1 aromatic carbocycles. The number of rotatable bonds is 5. The van der Waals surface area contributed by atoms with Crippen molar-refractivity contribution >= 4 is 11.4 Å². The molecule has 1 rings (SSSR count). The van der Waals surface area contributed by atoms with Crippen molar-refractivity contribution in [3.8, 4) is 0 Å². The Labute approximate surface area is 94.3 Å². The molecule has 0 aliphatic rings. The van der Waals surface area contributed by atoms with Crippen LogP contribution in [0.4, 0.5) is 11.4 Å². The van der Waals surface area contributed by atoms with Gasteiger partial charge in [0.25, 0.3) is 5.69 Å². The van der Waals surface area contributed by atoms with Gasteiger partial charge in [-0.15, -0.1) is 0 Å². The lowest BCUT2D eigenvalue weighted by atomic mass is 10.1. The second-order valence-corrected chi connectivity index (χ2v) is 3.65. The fraction of sp³-hybridized carbons (Fsp3) is 0.455. The van der Waals surface area contributed by atoms with E-state index in [1.54, 1.807) is 19.1 Å². The second-order valence-electron chi connectivity index (χ2n) is 3.65. The molecule has 1 unspecified atom stereocenters. The Morgan fingerprint density at radius 1 is 1.56 bits per heavy atom. The van der Waals surface area contributed by atoms with Crippen molar-refractivity contribution in [2.75, 3.05) is 11.9 Å². The molecule has 0 aromatic heterocycles. The van der Waals surface area contributed by atoms with E-state index in [4.69, 9.17) is 0 Å². The van der Waals surface area contributed by atoms with E-state index in [0.29, 0.717) is 24.2 Å². The molecule has 0 radical (unpaired) electrons. The summed E-state index contributed by atoms with van der Waals surface area (Å²) in [4.78, 5) is 10.3. The maximum Gasteiger partial charge on any atom is 0.274 e. The van der Waals surface area contributed by atoms with E-state index < -0.39 is 11.0 Å². The molecule has 0 aliphatic carbocycles. The van der Waals surface area contributed by atoms with Crippen molar-refractivity contribution in [1.82, 2.24) is 0 Å². The van der Waals surface area contributed by atoms with Gasteiger partial charge in [-0.3, -0.25) is 10.1 Å². The smallest absolute Gasteiger partial charge is 0.274 e. The summed E-state index contributed by atoms with van der Waals surface area (Å²) >= 11 is 0. The number of nitro groups is 1. The van der Waals surface area contributed by atoms with Crippen LogP contribution in [0.2, 0.25) is 0 Å². The van der Waals surface area contributed by atoms with Crippen LogP contribution in [0.15, 0.2) is 18.2 Å². The lowest BCUT2D eigenvalue weighted by Crippen LogP contribution is -2.18. The van der Waals surface area contributed by atoms with Gasteiger partial charge in [-0.25, -0.2) is 0 Å². The zero-order chi connectivity index (χ0) is 12.1. The minimum atomic E-state index is -0.432. The molecular weight excluding hydrogens is 208 g/mol. The van der Waals surface area contributed by atoms with E-state index >= 15 is 0 Å². The van der Waals surface area contributed by atoms with E-state index in [9.17, 15) is 15.2 Å². The van der Waals surface area contributed by atoms with Crippen LogP contribution in [0.5, 0.6) is 0 Å². The van der Waals surface area contributed by atoms with Gasteiger partial charge in [0, 0.05) is 23.9 Å². The Bertz CT molecular complexity index is 379. The molecule has 0 amide bonds. The Kier molecular flexibility index (Phi) is 4.25. The van der Waals surface area contributed by atoms with Crippen LogP contribution >= 0.6 is 0 Å². The molecule has 2 N–H and O–H groups in total. The number of hydrogen-bond acceptors (Lipinski definition) is 4. The van der Waals surface area contributed by atoms with Crippen molar-refractivity contribution in [2.24, 2.45) is 0 Å². The lowest BCUT2D eigenvalue weighted by Gasteiger charge is -2.12. The number of anilines is 1. The average Bonchev–Trinajstić information content (AvgIpc) is 2.26. The highest BCUT2D eigenvalue weighted by atomic mass is 16.6. The first-order valence-corrected chi connectivity index (χ1v) is 5.22. The Morgan fingerprint density at radius 2 is 2.25 bits per heavy atom. The summed E-state index contributed by atoms with van der Waals surface area (Å²) in [5, 5.41) is 23.1. The van der Waals surface area contributed by atoms with Gasteiger partial charge in [0.05, 0.1) is 11.0 Å². The highest BCUT2D eigenvalue weighted by Crippen LogP contribution is 2.24. The molecule has 0 heterocycles. The normalized spacial score (nSPS) is 12.2. The van der Waals surface area contributed by atoms with E-state index in [0.717, 1.165) is 0 Å². The molecule has 88 valence electrons. The third kappa shape index (κ3) is 2.93. The van der Waals surface area contributed by atoms with E-state index in [1.165, 1.54) is 6.07 Å². The van der Waals surface area contributed by atoms with E-state index in [-0.39, 0.29) is 5.69 Å². The van der Waals surface area contributed by atoms with Gasteiger partial charge >= 0.3 is 0 Å². The second kappa shape index (κ2) is 5.46. The third-order valence-corrected chi connectivity index (χ3v) is 2.50. The number of nitro benzene ring substituents is 1. The van der Waals surface area contributed by atoms with Crippen LogP contribution < -0.4 is 5.32 Å². The van der Waals surface area contributed by atoms with Crippen molar-refractivity contribution in [1.29, 1.82) is 0 Å². The molecule has 5 heteroatoms. The standard InChI is InChI=1S/C11H16N2O3/c1-3-9(14)7-12-10-5-4-6-11(8(10)2)13(15)16/h4-6,9,12,14H,3,7H2,1-2H3. The average molecular weight is 224 g/mol. The van der Waals surface area contributed by atoms with Crippen molar-refractivity contribution in [3.63, 3.8) is 0 Å². The van der Waals surface area contributed by atoms with Gasteiger partial charge in [-0.2, -0.15) is 0 Å². The highest BCUT2D eigenvalue weighted by molar-refractivity contribution is 5.59. The van der Waals surface area contributed by atoms with Crippen LogP contribution in [0, 0.1) is 17.0 Å². The first-order valence-electron chi connectivity index (χ1n) is 5.22. The summed E-state index contributed by atoms with van der Waals surface area (Å²) in [5.41, 5.74) is 1.38. The van der Waals surface area contributed by atoms with Crippen molar-refractivity contribution in [2.45, 2.75) is 26.4 Å². The topological polar surface area (TPSA) is 75.4 Å². The molecule has 0 fully saturated rings. The monoisotopic (exact) mass is 224 g/mol. The molecule has 0 saturated heterocycles. The predicted octanol–water partition coefficient (Wildman–Crippen LogP) is 2.09. The molecular formula is C11H16N2O3. The molecule has 0 bridgehead atoms. The minimum absolute atomic E-state index is 0.0935. The van der Waals surface area contributed by atoms with Gasteiger partial charge in [-0.1, -0.05) is 13.0 Å². The third-order valence-electron chi connectivity index (χ3n) is 2.50. The Balaban J connectivity index is 2.81. The van der Waals surface area contributed by atoms with Crippen molar-refractivity contribution < 1.29 is 10.0 Å². The number of aliphatic hydroxyl groups is 1.